The van der Waals surface area contributed by atoms with Crippen molar-refractivity contribution in [2.75, 3.05) is 24.6 Å². The first-order valence-corrected chi connectivity index (χ1v) is 12.1. The highest BCUT2D eigenvalue weighted by Gasteiger charge is 2.42. The van der Waals surface area contributed by atoms with Gasteiger partial charge in [-0.2, -0.15) is 0 Å². The lowest BCUT2D eigenvalue weighted by Crippen LogP contribution is -2.43. The molecule has 2 aromatic carbocycles. The minimum Gasteiger partial charge on any atom is -0.454 e. The van der Waals surface area contributed by atoms with E-state index in [0.717, 1.165) is 30.4 Å². The summed E-state index contributed by atoms with van der Waals surface area (Å²) < 4.78 is 6.39. The molecule has 0 N–H and O–H groups in total. The third-order valence-electron chi connectivity index (χ3n) is 7.43. The van der Waals surface area contributed by atoms with E-state index in [4.69, 9.17) is 4.74 Å². The molecule has 0 saturated heterocycles. The van der Waals surface area contributed by atoms with Gasteiger partial charge in [0, 0.05) is 40.6 Å². The van der Waals surface area contributed by atoms with Gasteiger partial charge in [-0.15, -0.1) is 0 Å². The molecule has 0 amide bonds. The number of nitrogens with zero attached hydrogens (tertiary/aromatic N) is 1. The van der Waals surface area contributed by atoms with Gasteiger partial charge in [-0.3, -0.25) is 4.79 Å². The maximum Gasteiger partial charge on any atom is 0.338 e. The Kier molecular flexibility index (Phi) is 4.83. The molecule has 0 fully saturated rings. The van der Waals surface area contributed by atoms with Crippen LogP contribution in [0.3, 0.4) is 0 Å². The number of fused-ring (bicyclic) bond motifs is 4. The summed E-state index contributed by atoms with van der Waals surface area (Å²) in [6.45, 7) is 1.93. The predicted octanol–water partition coefficient (Wildman–Crippen LogP) is 5.64. The molecule has 2 aliphatic carbocycles. The number of ether oxygens (including phenoxy) is 1. The van der Waals surface area contributed by atoms with Crippen molar-refractivity contribution in [2.45, 2.75) is 24.7 Å². The van der Waals surface area contributed by atoms with Gasteiger partial charge in [-0.1, -0.05) is 52.4 Å². The van der Waals surface area contributed by atoms with Crippen molar-refractivity contribution in [2.24, 2.45) is 11.8 Å². The Morgan fingerprint density at radius 1 is 0.906 bits per heavy atom. The summed E-state index contributed by atoms with van der Waals surface area (Å²) in [6.07, 6.45) is 11.4. The molecule has 4 aliphatic rings. The minimum atomic E-state index is -0.422. The molecule has 5 heteroatoms. The molecule has 0 spiro atoms. The number of halogens is 1. The van der Waals surface area contributed by atoms with Crippen LogP contribution >= 0.6 is 15.9 Å². The summed E-state index contributed by atoms with van der Waals surface area (Å²) in [6, 6.07) is 11.1. The normalized spacial score (nSPS) is 26.5. The molecule has 32 heavy (non-hydrogen) atoms. The van der Waals surface area contributed by atoms with Crippen LogP contribution < -0.4 is 4.90 Å². The molecular weight excluding hydrogens is 466 g/mol. The number of benzene rings is 2. The standard InChI is InChI=1S/C27H24BrNO3/c28-20-9-7-16(8-10-20)25(30)15-32-27(31)19-11-23-21-5-1-3-17(21)13-29-14-18-4-2-6-22(18)24(12-19)26(23)29/h1-2,5-12,17-18,21-22H,3-4,13-15H2/t17-,18+,21-,22-/m0/s1. The number of esters is 1. The predicted molar refractivity (Wildman–Crippen MR) is 127 cm³/mol. The average molecular weight is 490 g/mol. The van der Waals surface area contributed by atoms with E-state index in [9.17, 15) is 9.59 Å². The Labute approximate surface area is 196 Å². The number of hydrogen-bond donors (Lipinski definition) is 0. The summed E-state index contributed by atoms with van der Waals surface area (Å²) in [5, 5.41) is 0. The van der Waals surface area contributed by atoms with E-state index in [1.165, 1.54) is 16.8 Å². The summed E-state index contributed by atoms with van der Waals surface area (Å²) in [5.41, 5.74) is 4.92. The molecule has 0 unspecified atom stereocenters. The third-order valence-corrected chi connectivity index (χ3v) is 7.96. The summed E-state index contributed by atoms with van der Waals surface area (Å²) in [4.78, 5) is 28.1. The fraction of sp³-hybridized carbons (Fsp3) is 0.333. The highest BCUT2D eigenvalue weighted by Crippen LogP contribution is 2.53. The third kappa shape index (κ3) is 3.25. The number of carbonyl (C=O) groups is 2. The van der Waals surface area contributed by atoms with Crippen LogP contribution in [0.15, 0.2) is 65.2 Å². The van der Waals surface area contributed by atoms with Gasteiger partial charge in [0.1, 0.15) is 0 Å². The van der Waals surface area contributed by atoms with Crippen molar-refractivity contribution >= 4 is 33.4 Å². The van der Waals surface area contributed by atoms with Gasteiger partial charge in [-0.25, -0.2) is 4.79 Å². The van der Waals surface area contributed by atoms with E-state index >= 15 is 0 Å². The summed E-state index contributed by atoms with van der Waals surface area (Å²) in [5.74, 6) is 1.25. The molecule has 0 bridgehead atoms. The molecule has 162 valence electrons. The zero-order valence-corrected chi connectivity index (χ0v) is 19.3. The largest absolute Gasteiger partial charge is 0.454 e. The highest BCUT2D eigenvalue weighted by molar-refractivity contribution is 9.10. The molecule has 6 rings (SSSR count). The first-order chi connectivity index (χ1) is 15.6. The van der Waals surface area contributed by atoms with Crippen LogP contribution in [-0.2, 0) is 4.74 Å². The smallest absolute Gasteiger partial charge is 0.338 e. The lowest BCUT2D eigenvalue weighted by Gasteiger charge is -2.46. The second kappa shape index (κ2) is 7.73. The van der Waals surface area contributed by atoms with Gasteiger partial charge >= 0.3 is 5.97 Å². The zero-order chi connectivity index (χ0) is 21.8. The van der Waals surface area contributed by atoms with Crippen LogP contribution in [0.1, 0.15) is 56.5 Å². The van der Waals surface area contributed by atoms with Crippen LogP contribution in [0.4, 0.5) is 5.69 Å². The molecule has 0 aromatic heterocycles. The number of ketones is 1. The fourth-order valence-corrected chi connectivity index (χ4v) is 6.19. The van der Waals surface area contributed by atoms with Gasteiger partial charge in [0.25, 0.3) is 0 Å². The Morgan fingerprint density at radius 2 is 1.50 bits per heavy atom. The molecular formula is C27H24BrNO3. The van der Waals surface area contributed by atoms with Crippen molar-refractivity contribution in [3.8, 4) is 0 Å². The van der Waals surface area contributed by atoms with E-state index in [0.29, 0.717) is 34.8 Å². The number of hydrogen-bond acceptors (Lipinski definition) is 4. The topological polar surface area (TPSA) is 46.6 Å². The number of rotatable bonds is 4. The van der Waals surface area contributed by atoms with Gasteiger partial charge in [0.2, 0.25) is 0 Å². The monoisotopic (exact) mass is 489 g/mol. The molecule has 2 aromatic rings. The molecule has 4 nitrogen and oxygen atoms in total. The molecule has 2 heterocycles. The quantitative estimate of drug-likeness (QED) is 0.316. The number of Topliss-reactive ketones (excluding diaryl/α,β-unsaturated/α-hetero) is 1. The van der Waals surface area contributed by atoms with E-state index in [2.05, 4.69) is 45.1 Å². The Hall–Kier alpha value is -2.66. The Bertz CT molecular complexity index is 1110. The van der Waals surface area contributed by atoms with Gasteiger partial charge in [-0.05, 0) is 60.1 Å². The van der Waals surface area contributed by atoms with Crippen LogP contribution in [0.5, 0.6) is 0 Å². The second-order valence-electron chi connectivity index (χ2n) is 9.31. The van der Waals surface area contributed by atoms with Crippen molar-refractivity contribution in [3.05, 3.63) is 87.4 Å². The number of anilines is 1. The first kappa shape index (κ1) is 20.0. The average Bonchev–Trinajstić information content (AvgIpc) is 3.47. The van der Waals surface area contributed by atoms with E-state index in [1.54, 1.807) is 12.1 Å². The van der Waals surface area contributed by atoms with Gasteiger partial charge in [0.05, 0.1) is 5.56 Å². The van der Waals surface area contributed by atoms with Crippen molar-refractivity contribution in [1.82, 2.24) is 0 Å². The van der Waals surface area contributed by atoms with Crippen LogP contribution in [0.2, 0.25) is 0 Å². The molecule has 0 radical (unpaired) electrons. The lowest BCUT2D eigenvalue weighted by atomic mass is 9.74. The van der Waals surface area contributed by atoms with Crippen molar-refractivity contribution in [3.63, 3.8) is 0 Å². The second-order valence-corrected chi connectivity index (χ2v) is 10.2. The van der Waals surface area contributed by atoms with E-state index in [1.807, 2.05) is 24.3 Å². The summed E-state index contributed by atoms with van der Waals surface area (Å²) in [7, 11) is 0. The van der Waals surface area contributed by atoms with Crippen LogP contribution in [-0.4, -0.2) is 31.4 Å². The van der Waals surface area contributed by atoms with E-state index in [-0.39, 0.29) is 12.4 Å². The number of carbonyl (C=O) groups excluding carboxylic acids is 2. The molecule has 0 saturated carbocycles. The van der Waals surface area contributed by atoms with Gasteiger partial charge < -0.3 is 9.64 Å². The lowest BCUT2D eigenvalue weighted by molar-refractivity contribution is 0.0474. The maximum absolute atomic E-state index is 13.0. The number of allylic oxidation sites excluding steroid dienone is 4. The molecule has 2 aliphatic heterocycles. The Balaban J connectivity index is 1.31. The fourth-order valence-electron chi connectivity index (χ4n) is 5.93. The SMILES string of the molecule is O=C(COC(=O)c1cc2c3c(c1)[C@H]1C=CC[C@H]1CN3C[C@H]1CC=C[C@H]21)c1ccc(Br)cc1. The maximum atomic E-state index is 13.0. The minimum absolute atomic E-state index is 0.200. The van der Waals surface area contributed by atoms with Gasteiger partial charge in [0.15, 0.2) is 12.4 Å². The van der Waals surface area contributed by atoms with Crippen LogP contribution in [0.25, 0.3) is 0 Å². The zero-order valence-electron chi connectivity index (χ0n) is 17.7. The van der Waals surface area contributed by atoms with Crippen LogP contribution in [0, 0.1) is 11.8 Å². The first-order valence-electron chi connectivity index (χ1n) is 11.3. The van der Waals surface area contributed by atoms with Crippen molar-refractivity contribution < 1.29 is 14.3 Å². The van der Waals surface area contributed by atoms with E-state index < -0.39 is 5.97 Å². The Morgan fingerprint density at radius 3 is 2.09 bits per heavy atom. The van der Waals surface area contributed by atoms with Crippen molar-refractivity contribution in [1.29, 1.82) is 0 Å². The summed E-state index contributed by atoms with van der Waals surface area (Å²) >= 11 is 3.37. The molecule has 4 atom stereocenters. The highest BCUT2D eigenvalue weighted by atomic mass is 79.9.